The van der Waals surface area contributed by atoms with Gasteiger partial charge in [0.2, 0.25) is 0 Å². The molecule has 0 amide bonds. The Kier molecular flexibility index (Phi) is 2.96. The van der Waals surface area contributed by atoms with Crippen LogP contribution in [0.1, 0.15) is 17.7 Å². The quantitative estimate of drug-likeness (QED) is 0.875. The third-order valence-corrected chi connectivity index (χ3v) is 4.19. The molecule has 0 saturated heterocycles. The average Bonchev–Trinajstić information content (AvgIpc) is 2.78. The van der Waals surface area contributed by atoms with E-state index in [2.05, 4.69) is 10.3 Å². The Labute approximate surface area is 111 Å². The molecular weight excluding hydrogens is 248 g/mol. The fraction of sp³-hybridized carbons (Fsp3) is 0.429. The summed E-state index contributed by atoms with van der Waals surface area (Å²) in [6.07, 6.45) is 3.25. The molecule has 0 aliphatic heterocycles. The molecule has 4 heteroatoms. The highest BCUT2D eigenvalue weighted by Gasteiger charge is 2.23. The molecule has 1 atom stereocenters. The summed E-state index contributed by atoms with van der Waals surface area (Å²) in [6, 6.07) is 4.39. The van der Waals surface area contributed by atoms with Crippen molar-refractivity contribution in [3.8, 4) is 5.75 Å². The molecule has 0 spiro atoms. The van der Waals surface area contributed by atoms with Crippen LogP contribution in [0.2, 0.25) is 5.02 Å². The van der Waals surface area contributed by atoms with E-state index in [9.17, 15) is 0 Å². The van der Waals surface area contributed by atoms with Crippen LogP contribution in [0.15, 0.2) is 12.1 Å². The Morgan fingerprint density at radius 1 is 1.44 bits per heavy atom. The van der Waals surface area contributed by atoms with E-state index in [0.717, 1.165) is 40.9 Å². The second-order valence-electron chi connectivity index (χ2n) is 4.81. The maximum atomic E-state index is 6.34. The Balaban J connectivity index is 2.21. The van der Waals surface area contributed by atoms with E-state index in [-0.39, 0.29) is 0 Å². The van der Waals surface area contributed by atoms with Gasteiger partial charge in [0.15, 0.2) is 0 Å². The first-order chi connectivity index (χ1) is 8.74. The molecule has 2 N–H and O–H groups in total. The van der Waals surface area contributed by atoms with Crippen molar-refractivity contribution in [1.82, 2.24) is 10.3 Å². The van der Waals surface area contributed by atoms with Crippen LogP contribution < -0.4 is 10.1 Å². The summed E-state index contributed by atoms with van der Waals surface area (Å²) in [7, 11) is 3.71. The molecule has 3 rings (SSSR count). The molecule has 1 aliphatic rings. The van der Waals surface area contributed by atoms with Crippen LogP contribution in [0.4, 0.5) is 0 Å². The van der Waals surface area contributed by atoms with Gasteiger partial charge in [-0.1, -0.05) is 11.6 Å². The van der Waals surface area contributed by atoms with Crippen LogP contribution in [0.3, 0.4) is 0 Å². The fourth-order valence-electron chi connectivity index (χ4n) is 2.89. The number of benzene rings is 1. The van der Waals surface area contributed by atoms with Crippen molar-refractivity contribution < 1.29 is 4.74 Å². The zero-order valence-corrected chi connectivity index (χ0v) is 11.4. The molecule has 0 bridgehead atoms. The zero-order valence-electron chi connectivity index (χ0n) is 10.6. The van der Waals surface area contributed by atoms with E-state index >= 15 is 0 Å². The van der Waals surface area contributed by atoms with Gasteiger partial charge in [-0.15, -0.1) is 0 Å². The minimum absolute atomic E-state index is 0.551. The maximum Gasteiger partial charge on any atom is 0.143 e. The number of hydrogen-bond acceptors (Lipinski definition) is 2. The molecule has 0 saturated carbocycles. The summed E-state index contributed by atoms with van der Waals surface area (Å²) in [5, 5.41) is 5.30. The number of ether oxygens (including phenoxy) is 1. The van der Waals surface area contributed by atoms with Gasteiger partial charge in [-0.3, -0.25) is 0 Å². The predicted octanol–water partition coefficient (Wildman–Crippen LogP) is 2.91. The smallest absolute Gasteiger partial charge is 0.143 e. The largest absolute Gasteiger partial charge is 0.495 e. The van der Waals surface area contributed by atoms with Gasteiger partial charge in [-0.05, 0) is 37.6 Å². The van der Waals surface area contributed by atoms with E-state index in [1.807, 2.05) is 19.2 Å². The van der Waals surface area contributed by atoms with Crippen molar-refractivity contribution in [2.45, 2.75) is 25.3 Å². The predicted molar refractivity (Wildman–Crippen MR) is 74.7 cm³/mol. The van der Waals surface area contributed by atoms with E-state index in [1.165, 1.54) is 11.3 Å². The van der Waals surface area contributed by atoms with Gasteiger partial charge in [-0.2, -0.15) is 0 Å². The number of aromatic amines is 1. The summed E-state index contributed by atoms with van der Waals surface area (Å²) in [5.74, 6) is 0.866. The number of likely N-dealkylation sites (N-methyl/N-ethyl adjacent to an activating group) is 1. The van der Waals surface area contributed by atoms with Crippen LogP contribution in [0, 0.1) is 0 Å². The van der Waals surface area contributed by atoms with Gasteiger partial charge in [0.25, 0.3) is 0 Å². The Hall–Kier alpha value is -1.19. The fourth-order valence-corrected chi connectivity index (χ4v) is 3.16. The standard InChI is InChI=1S/C14H17ClN2O/c1-16-8-3-4-9-11(7-8)17-14-12(18-2)6-5-10(15)13(9)14/h5-6,8,16-17H,3-4,7H2,1-2H3. The van der Waals surface area contributed by atoms with Crippen molar-refractivity contribution in [2.24, 2.45) is 0 Å². The number of halogens is 1. The number of hydrogen-bond donors (Lipinski definition) is 2. The second kappa shape index (κ2) is 4.48. The molecule has 1 unspecified atom stereocenters. The first kappa shape index (κ1) is 11.9. The highest BCUT2D eigenvalue weighted by Crippen LogP contribution is 2.38. The Morgan fingerprint density at radius 3 is 3.00 bits per heavy atom. The molecule has 1 aromatic heterocycles. The average molecular weight is 265 g/mol. The molecule has 2 aromatic rings. The third-order valence-electron chi connectivity index (χ3n) is 3.88. The van der Waals surface area contributed by atoms with Crippen LogP contribution in [-0.4, -0.2) is 25.2 Å². The molecular formula is C14H17ClN2O. The van der Waals surface area contributed by atoms with Gasteiger partial charge in [0.05, 0.1) is 17.6 Å². The van der Waals surface area contributed by atoms with Gasteiger partial charge in [0.1, 0.15) is 5.75 Å². The summed E-state index contributed by atoms with van der Waals surface area (Å²) >= 11 is 6.34. The van der Waals surface area contributed by atoms with Crippen molar-refractivity contribution in [1.29, 1.82) is 0 Å². The number of fused-ring (bicyclic) bond motifs is 3. The van der Waals surface area contributed by atoms with Crippen LogP contribution in [0.25, 0.3) is 10.9 Å². The van der Waals surface area contributed by atoms with Crippen molar-refractivity contribution >= 4 is 22.5 Å². The lowest BCUT2D eigenvalue weighted by atomic mass is 9.92. The monoisotopic (exact) mass is 264 g/mol. The van der Waals surface area contributed by atoms with Crippen LogP contribution in [-0.2, 0) is 12.8 Å². The molecule has 1 aliphatic carbocycles. The maximum absolute atomic E-state index is 6.34. The summed E-state index contributed by atoms with van der Waals surface area (Å²) < 4.78 is 5.41. The van der Waals surface area contributed by atoms with Gasteiger partial charge in [-0.25, -0.2) is 0 Å². The summed E-state index contributed by atoms with van der Waals surface area (Å²) in [4.78, 5) is 3.49. The molecule has 1 aromatic carbocycles. The number of rotatable bonds is 2. The second-order valence-corrected chi connectivity index (χ2v) is 5.22. The SMILES string of the molecule is CNC1CCc2c([nH]c3c(OC)ccc(Cl)c23)C1. The topological polar surface area (TPSA) is 37.0 Å². The number of methoxy groups -OCH3 is 1. The van der Waals surface area contributed by atoms with E-state index < -0.39 is 0 Å². The molecule has 1 heterocycles. The van der Waals surface area contributed by atoms with E-state index in [1.54, 1.807) is 7.11 Å². The van der Waals surface area contributed by atoms with Crippen LogP contribution in [0.5, 0.6) is 5.75 Å². The van der Waals surface area contributed by atoms with Gasteiger partial charge in [0, 0.05) is 23.5 Å². The first-order valence-electron chi connectivity index (χ1n) is 6.27. The van der Waals surface area contributed by atoms with Crippen molar-refractivity contribution in [2.75, 3.05) is 14.2 Å². The van der Waals surface area contributed by atoms with Gasteiger partial charge < -0.3 is 15.0 Å². The number of aryl methyl sites for hydroxylation is 1. The summed E-state index contributed by atoms with van der Waals surface area (Å²) in [6.45, 7) is 0. The molecule has 0 radical (unpaired) electrons. The first-order valence-corrected chi connectivity index (χ1v) is 6.65. The molecule has 96 valence electrons. The minimum Gasteiger partial charge on any atom is -0.495 e. The van der Waals surface area contributed by atoms with Crippen molar-refractivity contribution in [3.05, 3.63) is 28.4 Å². The minimum atomic E-state index is 0.551. The number of nitrogens with one attached hydrogen (secondary N) is 2. The molecule has 18 heavy (non-hydrogen) atoms. The number of aromatic nitrogens is 1. The normalized spacial score (nSPS) is 18.9. The lowest BCUT2D eigenvalue weighted by Crippen LogP contribution is -2.31. The highest BCUT2D eigenvalue weighted by atomic mass is 35.5. The third kappa shape index (κ3) is 1.70. The number of H-pyrrole nitrogens is 1. The molecule has 0 fully saturated rings. The molecule has 3 nitrogen and oxygen atoms in total. The van der Waals surface area contributed by atoms with Gasteiger partial charge >= 0.3 is 0 Å². The lowest BCUT2D eigenvalue weighted by Gasteiger charge is -2.21. The summed E-state index contributed by atoms with van der Waals surface area (Å²) in [5.41, 5.74) is 3.69. The van der Waals surface area contributed by atoms with E-state index in [4.69, 9.17) is 16.3 Å². The lowest BCUT2D eigenvalue weighted by molar-refractivity contribution is 0.419. The highest BCUT2D eigenvalue weighted by molar-refractivity contribution is 6.36. The van der Waals surface area contributed by atoms with E-state index in [0.29, 0.717) is 6.04 Å². The Morgan fingerprint density at radius 2 is 2.28 bits per heavy atom. The van der Waals surface area contributed by atoms with Crippen LogP contribution >= 0.6 is 11.6 Å². The zero-order chi connectivity index (χ0) is 12.7. The van der Waals surface area contributed by atoms with Crippen molar-refractivity contribution in [3.63, 3.8) is 0 Å². The Bertz CT molecular complexity index is 591.